The van der Waals surface area contributed by atoms with Crippen molar-refractivity contribution in [3.63, 3.8) is 0 Å². The molecule has 0 fully saturated rings. The van der Waals surface area contributed by atoms with Crippen LogP contribution in [0.15, 0.2) is 29.2 Å². The number of rotatable bonds is 6. The Morgan fingerprint density at radius 3 is 2.00 bits per heavy atom. The average molecular weight is 271 g/mol. The molecule has 0 saturated carbocycles. The summed E-state index contributed by atoms with van der Waals surface area (Å²) in [5, 5.41) is 0. The normalized spacial score (nSPS) is 10.7. The van der Waals surface area contributed by atoms with E-state index in [0.717, 1.165) is 5.56 Å². The van der Waals surface area contributed by atoms with Crippen LogP contribution in [0.2, 0.25) is 0 Å². The largest absolute Gasteiger partial charge is 1.00 e. The summed E-state index contributed by atoms with van der Waals surface area (Å²) in [4.78, 5) is 0.286. The van der Waals surface area contributed by atoms with Crippen molar-refractivity contribution in [1.82, 2.24) is 0 Å². The van der Waals surface area contributed by atoms with Crippen LogP contribution < -0.4 is 37.7 Å². The summed E-state index contributed by atoms with van der Waals surface area (Å²) >= 11 is 0. The van der Waals surface area contributed by atoms with Gasteiger partial charge in [-0.3, -0.25) is 8.42 Å². The van der Waals surface area contributed by atoms with E-state index < -0.39 is 16.1 Å². The second-order valence-corrected chi connectivity index (χ2v) is 5.56. The summed E-state index contributed by atoms with van der Waals surface area (Å²) in [7, 11) is -0.432. The first-order chi connectivity index (χ1) is 7.99. The van der Waals surface area contributed by atoms with Crippen molar-refractivity contribution in [1.29, 1.82) is 0 Å². The fourth-order valence-electron chi connectivity index (χ4n) is 1.32. The predicted octanol–water partition coefficient (Wildman–Crippen LogP) is -4.05. The Balaban J connectivity index is 0. The van der Waals surface area contributed by atoms with Crippen LogP contribution >= 0.6 is 0 Å². The summed E-state index contributed by atoms with van der Waals surface area (Å²) in [6.07, 6.45) is -0.335. The van der Waals surface area contributed by atoms with Gasteiger partial charge >= 0.3 is 37.7 Å². The van der Waals surface area contributed by atoms with E-state index in [9.17, 15) is 8.42 Å². The minimum absolute atomic E-state index is 0. The van der Waals surface area contributed by atoms with E-state index >= 15 is 0 Å². The van der Waals surface area contributed by atoms with E-state index in [0.29, 0.717) is 0 Å². The number of methoxy groups -OCH3 is 2. The van der Waals surface area contributed by atoms with Crippen molar-refractivity contribution in [2.45, 2.75) is 24.5 Å². The number of ether oxygens (including phenoxy) is 2. The van der Waals surface area contributed by atoms with Gasteiger partial charge in [-0.1, -0.05) is 17.7 Å². The molecule has 96 valence electrons. The van der Waals surface area contributed by atoms with Crippen molar-refractivity contribution < 1.29 is 55.6 Å². The molecular formula is C12H17Li2O4S+. The third kappa shape index (κ3) is 7.02. The summed E-state index contributed by atoms with van der Waals surface area (Å²) in [6.45, 7) is 1.91. The van der Waals surface area contributed by atoms with Crippen molar-refractivity contribution in [2.24, 2.45) is 0 Å². The van der Waals surface area contributed by atoms with Crippen LogP contribution in [-0.2, 0) is 19.3 Å². The molecule has 0 spiro atoms. The van der Waals surface area contributed by atoms with Gasteiger partial charge in [0.15, 0.2) is 0 Å². The Morgan fingerprint density at radius 2 is 1.58 bits per heavy atom. The van der Waals surface area contributed by atoms with Gasteiger partial charge in [0.25, 0.3) is 0 Å². The van der Waals surface area contributed by atoms with E-state index in [1.54, 1.807) is 24.3 Å². The van der Waals surface area contributed by atoms with E-state index in [1.807, 2.05) is 6.92 Å². The first-order valence-corrected chi connectivity index (χ1v) is 6.75. The van der Waals surface area contributed by atoms with Gasteiger partial charge in [0, 0.05) is 19.1 Å². The van der Waals surface area contributed by atoms with Crippen molar-refractivity contribution in [2.75, 3.05) is 14.2 Å². The molecule has 1 aromatic rings. The van der Waals surface area contributed by atoms with Gasteiger partial charge in [0.05, 0.1) is 9.84 Å². The molecule has 0 unspecified atom stereocenters. The number of hydrogen-bond acceptors (Lipinski definition) is 4. The number of aryl methyl sites for hydroxylation is 1. The molecule has 7 heteroatoms. The summed E-state index contributed by atoms with van der Waals surface area (Å²) in [5.74, 6) is 1.22. The molecule has 0 aliphatic heterocycles. The minimum atomic E-state index is -3.38. The molecule has 0 aliphatic rings. The molecule has 19 heavy (non-hydrogen) atoms. The molecule has 1 rings (SSSR count). The summed E-state index contributed by atoms with van der Waals surface area (Å²) in [6, 6.07) is 6.72. The zero-order valence-electron chi connectivity index (χ0n) is 12.2. The van der Waals surface area contributed by atoms with Crippen molar-refractivity contribution in [3.05, 3.63) is 35.6 Å². The third-order valence-corrected chi connectivity index (χ3v) is 3.94. The molecule has 0 saturated heterocycles. The van der Waals surface area contributed by atoms with E-state index in [1.165, 1.54) is 20.0 Å². The fraction of sp³-hybridized carbons (Fsp3) is 0.417. The Kier molecular flexibility index (Phi) is 11.4. The molecule has 0 bridgehead atoms. The number of hydrogen-bond donors (Lipinski definition) is 0. The van der Waals surface area contributed by atoms with Gasteiger partial charge in [0.2, 0.25) is 0 Å². The topological polar surface area (TPSA) is 52.6 Å². The molecule has 0 atom stereocenters. The van der Waals surface area contributed by atoms with Crippen LogP contribution in [0.1, 0.15) is 12.0 Å². The first kappa shape index (κ1) is 21.6. The SMILES string of the molecule is COC(C[CH-]S(=O)(=O)c1ccc(C)cc1)OC.[Li+].[Li+]. The number of sulfone groups is 1. The maximum absolute atomic E-state index is 11.9. The molecule has 0 heterocycles. The Labute approximate surface area is 139 Å². The zero-order valence-corrected chi connectivity index (χ0v) is 13.0. The van der Waals surface area contributed by atoms with Crippen LogP contribution in [0.4, 0.5) is 0 Å². The van der Waals surface area contributed by atoms with Crippen LogP contribution in [0, 0.1) is 12.7 Å². The average Bonchev–Trinajstić information content (AvgIpc) is 2.31. The third-order valence-electron chi connectivity index (χ3n) is 2.38. The van der Waals surface area contributed by atoms with E-state index in [2.05, 4.69) is 0 Å². The molecule has 4 nitrogen and oxygen atoms in total. The second kappa shape index (κ2) is 10.1. The standard InChI is InChI=1S/C12H17O4S.2Li/c1-10-4-6-11(7-5-10)17(13,14)9-8-12(15-2)16-3;;/h4-7,9,12H,8H2,1-3H3;;/q-1;2*+1. The molecule has 0 aromatic heterocycles. The maximum atomic E-state index is 11.9. The fourth-order valence-corrected chi connectivity index (χ4v) is 2.44. The smallest absolute Gasteiger partial charge is 0.359 e. The number of benzene rings is 1. The molecule has 1 aromatic carbocycles. The van der Waals surface area contributed by atoms with Crippen LogP contribution in [0.5, 0.6) is 0 Å². The monoisotopic (exact) mass is 271 g/mol. The quantitative estimate of drug-likeness (QED) is 0.300. The predicted molar refractivity (Wildman–Crippen MR) is 65.1 cm³/mol. The van der Waals surface area contributed by atoms with Gasteiger partial charge in [-0.25, -0.2) is 0 Å². The molecule has 0 amide bonds. The second-order valence-electron chi connectivity index (χ2n) is 3.66. The van der Waals surface area contributed by atoms with Crippen molar-refractivity contribution >= 4 is 9.84 Å². The zero-order chi connectivity index (χ0) is 12.9. The molecule has 0 N–H and O–H groups in total. The summed E-state index contributed by atoms with van der Waals surface area (Å²) in [5.41, 5.74) is 1.02. The minimum Gasteiger partial charge on any atom is -0.359 e. The first-order valence-electron chi connectivity index (χ1n) is 5.20. The molecule has 0 aliphatic carbocycles. The Hall–Kier alpha value is 0.285. The molecular weight excluding hydrogens is 254 g/mol. The van der Waals surface area contributed by atoms with Crippen LogP contribution in [-0.4, -0.2) is 28.9 Å². The van der Waals surface area contributed by atoms with Gasteiger partial charge in [0.1, 0.15) is 6.29 Å². The summed E-state index contributed by atoms with van der Waals surface area (Å²) < 4.78 is 33.7. The van der Waals surface area contributed by atoms with E-state index in [-0.39, 0.29) is 49.0 Å². The van der Waals surface area contributed by atoms with Crippen LogP contribution in [0.25, 0.3) is 0 Å². The van der Waals surface area contributed by atoms with Gasteiger partial charge in [-0.2, -0.15) is 5.75 Å². The van der Waals surface area contributed by atoms with Gasteiger partial charge in [-0.15, -0.1) is 6.42 Å². The Morgan fingerprint density at radius 1 is 1.11 bits per heavy atom. The molecule has 0 radical (unpaired) electrons. The van der Waals surface area contributed by atoms with E-state index in [4.69, 9.17) is 9.47 Å². The maximum Gasteiger partial charge on any atom is 1.00 e. The van der Waals surface area contributed by atoms with Crippen LogP contribution in [0.3, 0.4) is 0 Å². The van der Waals surface area contributed by atoms with Crippen molar-refractivity contribution in [3.8, 4) is 0 Å². The van der Waals surface area contributed by atoms with Gasteiger partial charge < -0.3 is 9.47 Å². The van der Waals surface area contributed by atoms with Gasteiger partial charge in [-0.05, 0) is 19.1 Å². The Bertz CT molecular complexity index is 441.